The normalized spacial score (nSPS) is 15.3. The zero-order valence-corrected chi connectivity index (χ0v) is 32.0. The first kappa shape index (κ1) is 44.5. The molecule has 4 amide bonds. The van der Waals surface area contributed by atoms with E-state index >= 15 is 0 Å². The molecule has 4 unspecified atom stereocenters. The van der Waals surface area contributed by atoms with Crippen LogP contribution in [-0.4, -0.2) is 110 Å². The van der Waals surface area contributed by atoms with Crippen LogP contribution in [0.4, 0.5) is 0 Å². The molecule has 2 aromatic carbocycles. The Morgan fingerprint density at radius 2 is 1.28 bits per heavy atom. The first-order valence-electron chi connectivity index (χ1n) is 18.3. The number of aliphatic carboxylic acids is 1. The minimum Gasteiger partial charge on any atom is -0.508 e. The maximum atomic E-state index is 14.5. The lowest BCUT2D eigenvalue weighted by Gasteiger charge is -2.39. The highest BCUT2D eigenvalue weighted by Crippen LogP contribution is 2.22. The van der Waals surface area contributed by atoms with Crippen LogP contribution < -0.4 is 16.4 Å². The Kier molecular flexibility index (Phi) is 17.7. The second kappa shape index (κ2) is 21.1. The predicted molar refractivity (Wildman–Crippen MR) is 201 cm³/mol. The number of phenols is 2. The van der Waals surface area contributed by atoms with Gasteiger partial charge in [0, 0.05) is 33.0 Å². The smallest absolute Gasteiger partial charge is 0.326 e. The lowest BCUT2D eigenvalue weighted by atomic mass is 9.93. The number of amides is 4. The number of nitrogens with zero attached hydrogens (tertiary/aromatic N) is 2. The average Bonchev–Trinajstić information content (AvgIpc) is 3.12. The van der Waals surface area contributed by atoms with Gasteiger partial charge >= 0.3 is 5.97 Å². The van der Waals surface area contributed by atoms with E-state index in [1.54, 1.807) is 45.0 Å². The molecule has 14 heteroatoms. The van der Waals surface area contributed by atoms with Gasteiger partial charge in [0.05, 0.1) is 0 Å². The fraction of sp³-hybridized carbons (Fsp3) is 0.564. The average molecular weight is 742 g/mol. The van der Waals surface area contributed by atoms with Crippen LogP contribution >= 0.6 is 0 Å². The van der Waals surface area contributed by atoms with Crippen molar-refractivity contribution < 1.29 is 44.4 Å². The number of hydrogen-bond acceptors (Lipinski definition) is 9. The van der Waals surface area contributed by atoms with E-state index < -0.39 is 77.7 Å². The van der Waals surface area contributed by atoms with E-state index in [4.69, 9.17) is 5.73 Å². The number of hydrogen-bond donors (Lipinski definition) is 7. The fourth-order valence-corrected chi connectivity index (χ4v) is 6.06. The monoisotopic (exact) mass is 741 g/mol. The van der Waals surface area contributed by atoms with Gasteiger partial charge < -0.3 is 46.6 Å². The van der Waals surface area contributed by atoms with E-state index in [-0.39, 0.29) is 24.3 Å². The highest BCUT2D eigenvalue weighted by atomic mass is 16.4. The Hall–Kier alpha value is -4.69. The topological polar surface area (TPSA) is 223 Å². The van der Waals surface area contributed by atoms with Gasteiger partial charge in [0.25, 0.3) is 5.91 Å². The van der Waals surface area contributed by atoms with Gasteiger partial charge in [0.15, 0.2) is 0 Å². The molecule has 53 heavy (non-hydrogen) atoms. The van der Waals surface area contributed by atoms with Crippen molar-refractivity contribution in [3.63, 3.8) is 0 Å². The van der Waals surface area contributed by atoms with Crippen molar-refractivity contribution in [1.29, 1.82) is 0 Å². The lowest BCUT2D eigenvalue weighted by molar-refractivity contribution is -0.152. The third kappa shape index (κ3) is 13.0. The summed E-state index contributed by atoms with van der Waals surface area (Å²) in [5.41, 5.74) is 7.21. The number of phenolic OH excluding ortho intramolecular Hbond substituents is 2. The molecule has 0 saturated carbocycles. The molecular weight excluding hydrogens is 682 g/mol. The second-order valence-corrected chi connectivity index (χ2v) is 14.2. The number of carbonyl (C=O) groups is 5. The first-order valence-corrected chi connectivity index (χ1v) is 18.3. The van der Waals surface area contributed by atoms with E-state index in [0.717, 1.165) is 19.3 Å². The molecule has 0 aromatic heterocycles. The molecular formula is C39H59N5O9. The summed E-state index contributed by atoms with van der Waals surface area (Å²) in [6, 6.07) is 6.29. The molecule has 0 spiro atoms. The number of rotatable bonds is 21. The van der Waals surface area contributed by atoms with Crippen molar-refractivity contribution in [2.24, 2.45) is 17.6 Å². The molecule has 0 aliphatic carbocycles. The van der Waals surface area contributed by atoms with Crippen molar-refractivity contribution in [2.45, 2.75) is 116 Å². The quantitative estimate of drug-likeness (QED) is 0.0927. The first-order chi connectivity index (χ1) is 24.9. The van der Waals surface area contributed by atoms with Crippen molar-refractivity contribution >= 4 is 29.6 Å². The van der Waals surface area contributed by atoms with E-state index in [1.807, 2.05) is 13.8 Å². The van der Waals surface area contributed by atoms with Crippen molar-refractivity contribution in [3.8, 4) is 11.5 Å². The van der Waals surface area contributed by atoms with Crippen molar-refractivity contribution in [3.05, 3.63) is 59.7 Å². The van der Waals surface area contributed by atoms with Gasteiger partial charge in [-0.2, -0.15) is 0 Å². The van der Waals surface area contributed by atoms with Gasteiger partial charge in [-0.25, -0.2) is 4.79 Å². The number of nitrogens with two attached hydrogens (primary N) is 1. The van der Waals surface area contributed by atoms with Gasteiger partial charge in [-0.15, -0.1) is 0 Å². The number of unbranched alkanes of at least 4 members (excludes halogenated alkanes) is 2. The van der Waals surface area contributed by atoms with Crippen LogP contribution in [0.2, 0.25) is 0 Å². The van der Waals surface area contributed by atoms with Crippen LogP contribution in [0, 0.1) is 11.8 Å². The van der Waals surface area contributed by atoms with E-state index in [1.165, 1.54) is 48.2 Å². The molecule has 0 aliphatic rings. The van der Waals surface area contributed by atoms with Crippen LogP contribution in [0.15, 0.2) is 48.5 Å². The minimum atomic E-state index is -1.54. The molecule has 0 fully saturated rings. The maximum Gasteiger partial charge on any atom is 0.326 e. The standard InChI is InChI=1S/C39H59N5O9/c1-8-10-11-12-29(40)34(47)36(49)42-32(23(3)4)37(50)44(7)33(24(5)9-2)38(51)43(6)31(22-26-15-19-28(46)20-16-26)35(48)41-30(39(52)53)21-25-13-17-27(45)18-14-25/h13-20,23-24,29-34,45-47H,8-12,21-22,40H2,1-7H3,(H,41,48)(H,42,49)(H,52,53)/t24?,29?,30?,31-,32-,33?,34-/m0/s1. The molecule has 0 bridgehead atoms. The molecule has 7 atom stereocenters. The molecule has 0 saturated heterocycles. The predicted octanol–water partition coefficient (Wildman–Crippen LogP) is 2.56. The number of benzene rings is 2. The Morgan fingerprint density at radius 3 is 1.75 bits per heavy atom. The number of aliphatic hydroxyl groups excluding tert-OH is 1. The molecule has 0 aliphatic heterocycles. The van der Waals surface area contributed by atoms with E-state index in [0.29, 0.717) is 24.0 Å². The Bertz CT molecular complexity index is 1500. The summed E-state index contributed by atoms with van der Waals surface area (Å²) in [6.45, 7) is 9.12. The number of carboxylic acid groups (broad SMARTS) is 1. The zero-order chi connectivity index (χ0) is 40.0. The number of nitrogens with one attached hydrogen (secondary N) is 2. The Morgan fingerprint density at radius 1 is 0.755 bits per heavy atom. The van der Waals surface area contributed by atoms with Crippen molar-refractivity contribution in [1.82, 2.24) is 20.4 Å². The highest BCUT2D eigenvalue weighted by Gasteiger charge is 2.41. The number of aromatic hydroxyl groups is 2. The van der Waals surface area contributed by atoms with Gasteiger partial charge in [0.1, 0.15) is 41.8 Å². The second-order valence-electron chi connectivity index (χ2n) is 14.2. The number of carbonyl (C=O) groups excluding carboxylic acids is 4. The highest BCUT2D eigenvalue weighted by molar-refractivity contribution is 5.95. The number of likely N-dealkylation sites (N-methyl/N-ethyl adjacent to an activating group) is 2. The van der Waals surface area contributed by atoms with Gasteiger partial charge in [-0.1, -0.05) is 84.6 Å². The van der Waals surface area contributed by atoms with Gasteiger partial charge in [0.2, 0.25) is 17.7 Å². The van der Waals surface area contributed by atoms with Gasteiger partial charge in [-0.05, 0) is 53.6 Å². The zero-order valence-electron chi connectivity index (χ0n) is 32.0. The third-order valence-electron chi connectivity index (χ3n) is 9.72. The summed E-state index contributed by atoms with van der Waals surface area (Å²) in [6.07, 6.45) is 1.80. The minimum absolute atomic E-state index is 0.000221. The molecule has 294 valence electrons. The summed E-state index contributed by atoms with van der Waals surface area (Å²) in [4.78, 5) is 70.4. The van der Waals surface area contributed by atoms with Crippen LogP contribution in [0.25, 0.3) is 0 Å². The van der Waals surface area contributed by atoms with Crippen LogP contribution in [0.1, 0.15) is 77.8 Å². The SMILES string of the molecule is CCCCCC(N)[C@H](O)C(=O)N[C@H](C(=O)N(C)C(C(=O)N(C)[C@@H](Cc1ccc(O)cc1)C(=O)NC(Cc1ccc(O)cc1)C(=O)O)C(C)CC)C(C)C. The Balaban J connectivity index is 2.43. The molecule has 0 radical (unpaired) electrons. The summed E-state index contributed by atoms with van der Waals surface area (Å²) < 4.78 is 0. The summed E-state index contributed by atoms with van der Waals surface area (Å²) >= 11 is 0. The Labute approximate surface area is 312 Å². The van der Waals surface area contributed by atoms with Gasteiger partial charge in [-0.3, -0.25) is 19.2 Å². The summed E-state index contributed by atoms with van der Waals surface area (Å²) in [5, 5.41) is 45.4. The molecule has 2 rings (SSSR count). The maximum absolute atomic E-state index is 14.5. The van der Waals surface area contributed by atoms with Crippen LogP contribution in [0.5, 0.6) is 11.5 Å². The fourth-order valence-electron chi connectivity index (χ4n) is 6.06. The lowest BCUT2D eigenvalue weighted by Crippen LogP contribution is -2.61. The largest absolute Gasteiger partial charge is 0.508 e. The van der Waals surface area contributed by atoms with E-state index in [2.05, 4.69) is 10.6 Å². The van der Waals surface area contributed by atoms with Crippen LogP contribution in [-0.2, 0) is 36.8 Å². The van der Waals surface area contributed by atoms with E-state index in [9.17, 15) is 44.4 Å². The molecule has 0 heterocycles. The third-order valence-corrected chi connectivity index (χ3v) is 9.72. The number of carboxylic acids is 1. The summed E-state index contributed by atoms with van der Waals surface area (Å²) in [5.74, 6) is -4.87. The molecule has 14 nitrogen and oxygen atoms in total. The molecule has 2 aromatic rings. The number of aliphatic hydroxyl groups is 1. The van der Waals surface area contributed by atoms with Crippen LogP contribution in [0.3, 0.4) is 0 Å². The summed E-state index contributed by atoms with van der Waals surface area (Å²) in [7, 11) is 2.86. The van der Waals surface area contributed by atoms with Crippen molar-refractivity contribution in [2.75, 3.05) is 14.1 Å². The molecule has 8 N–H and O–H groups in total.